The van der Waals surface area contributed by atoms with E-state index >= 15 is 0 Å². The molecule has 29 heavy (non-hydrogen) atoms. The molecule has 2 aliphatic rings. The van der Waals surface area contributed by atoms with Gasteiger partial charge in [-0.3, -0.25) is 4.99 Å². The molecule has 1 atom stereocenters. The second-order valence-electron chi connectivity index (χ2n) is 7.78. The van der Waals surface area contributed by atoms with E-state index in [4.69, 9.17) is 4.74 Å². The number of fused-ring (bicyclic) bond motifs is 1. The van der Waals surface area contributed by atoms with Crippen molar-refractivity contribution in [2.45, 2.75) is 26.3 Å². The third-order valence-electron chi connectivity index (χ3n) is 5.99. The number of hydrogen-bond acceptors (Lipinski definition) is 5. The third-order valence-corrected chi connectivity index (χ3v) is 5.99. The van der Waals surface area contributed by atoms with Gasteiger partial charge in [0.15, 0.2) is 5.96 Å². The van der Waals surface area contributed by atoms with E-state index in [1.165, 1.54) is 5.69 Å². The first kappa shape index (κ1) is 19.5. The molecule has 0 bridgehead atoms. The van der Waals surface area contributed by atoms with Gasteiger partial charge < -0.3 is 24.4 Å². The van der Waals surface area contributed by atoms with Crippen molar-refractivity contribution >= 4 is 11.6 Å². The quantitative estimate of drug-likeness (QED) is 0.624. The van der Waals surface area contributed by atoms with Gasteiger partial charge in [-0.05, 0) is 31.4 Å². The summed E-state index contributed by atoms with van der Waals surface area (Å²) >= 11 is 0. The first-order valence-corrected chi connectivity index (χ1v) is 10.4. The Kier molecular flexibility index (Phi) is 5.87. The zero-order valence-corrected chi connectivity index (χ0v) is 17.6. The average Bonchev–Trinajstić information content (AvgIpc) is 3.15. The van der Waals surface area contributed by atoms with Crippen LogP contribution in [0.5, 0.6) is 5.75 Å². The summed E-state index contributed by atoms with van der Waals surface area (Å²) in [5.41, 5.74) is 1.22. The summed E-state index contributed by atoms with van der Waals surface area (Å²) < 4.78 is 7.62. The molecule has 0 aliphatic carbocycles. The molecule has 2 aliphatic heterocycles. The summed E-state index contributed by atoms with van der Waals surface area (Å²) in [6.07, 6.45) is 2.15. The van der Waals surface area contributed by atoms with E-state index in [-0.39, 0.29) is 0 Å². The molecule has 1 aromatic carbocycles. The molecule has 3 heterocycles. The van der Waals surface area contributed by atoms with Crippen LogP contribution in [0.1, 0.15) is 18.1 Å². The number of aryl methyl sites for hydroxylation is 2. The summed E-state index contributed by atoms with van der Waals surface area (Å²) in [7, 11) is 3.59. The zero-order valence-electron chi connectivity index (χ0n) is 17.6. The molecule has 0 saturated carbocycles. The SMILES string of the molecule is CN=C(NCC1CCc2nnc(C)n2C1)N1CCN(c2cccc(OC)c2)CC1. The summed E-state index contributed by atoms with van der Waals surface area (Å²) in [6.45, 7) is 7.81. The molecule has 1 N–H and O–H groups in total. The molecule has 0 spiro atoms. The van der Waals surface area contributed by atoms with Crippen molar-refractivity contribution in [3.8, 4) is 5.75 Å². The van der Waals surface area contributed by atoms with E-state index < -0.39 is 0 Å². The molecule has 1 saturated heterocycles. The highest BCUT2D eigenvalue weighted by Gasteiger charge is 2.24. The monoisotopic (exact) mass is 397 g/mol. The van der Waals surface area contributed by atoms with Gasteiger partial charge in [0.05, 0.1) is 7.11 Å². The lowest BCUT2D eigenvalue weighted by Gasteiger charge is -2.38. The first-order chi connectivity index (χ1) is 14.2. The molecule has 0 amide bonds. The van der Waals surface area contributed by atoms with E-state index in [9.17, 15) is 0 Å². The van der Waals surface area contributed by atoms with Crippen LogP contribution in [-0.2, 0) is 13.0 Å². The number of guanidine groups is 1. The normalized spacial score (nSPS) is 19.8. The van der Waals surface area contributed by atoms with Crippen LogP contribution >= 0.6 is 0 Å². The van der Waals surface area contributed by atoms with E-state index in [1.54, 1.807) is 7.11 Å². The van der Waals surface area contributed by atoms with Crippen LogP contribution in [-0.4, -0.2) is 72.5 Å². The van der Waals surface area contributed by atoms with Gasteiger partial charge in [0.1, 0.15) is 17.4 Å². The Bertz CT molecular complexity index is 854. The third kappa shape index (κ3) is 4.31. The lowest BCUT2D eigenvalue weighted by Crippen LogP contribution is -2.53. The maximum atomic E-state index is 5.36. The molecular formula is C21H31N7O. The summed E-state index contributed by atoms with van der Waals surface area (Å²) in [4.78, 5) is 9.30. The van der Waals surface area contributed by atoms with Gasteiger partial charge >= 0.3 is 0 Å². The second kappa shape index (κ2) is 8.71. The Labute approximate surface area is 172 Å². The van der Waals surface area contributed by atoms with Crippen molar-refractivity contribution in [1.29, 1.82) is 0 Å². The fourth-order valence-corrected chi connectivity index (χ4v) is 4.25. The van der Waals surface area contributed by atoms with E-state index in [0.717, 1.165) is 75.5 Å². The molecule has 1 aromatic heterocycles. The van der Waals surface area contributed by atoms with Gasteiger partial charge in [0.2, 0.25) is 0 Å². The van der Waals surface area contributed by atoms with Crippen molar-refractivity contribution in [2.75, 3.05) is 51.8 Å². The highest BCUT2D eigenvalue weighted by atomic mass is 16.5. The van der Waals surface area contributed by atoms with Crippen LogP contribution in [0.15, 0.2) is 29.3 Å². The van der Waals surface area contributed by atoms with Crippen LogP contribution in [0.4, 0.5) is 5.69 Å². The number of rotatable bonds is 4. The maximum absolute atomic E-state index is 5.36. The smallest absolute Gasteiger partial charge is 0.193 e. The average molecular weight is 398 g/mol. The van der Waals surface area contributed by atoms with Gasteiger partial charge in [-0.25, -0.2) is 0 Å². The molecule has 1 unspecified atom stereocenters. The van der Waals surface area contributed by atoms with Crippen LogP contribution in [0, 0.1) is 12.8 Å². The van der Waals surface area contributed by atoms with Crippen LogP contribution < -0.4 is 15.0 Å². The zero-order chi connectivity index (χ0) is 20.2. The topological polar surface area (TPSA) is 70.8 Å². The Morgan fingerprint density at radius 3 is 2.83 bits per heavy atom. The number of ether oxygens (including phenoxy) is 1. The molecule has 156 valence electrons. The minimum absolute atomic E-state index is 0.576. The molecule has 1 fully saturated rings. The molecule has 8 nitrogen and oxygen atoms in total. The van der Waals surface area contributed by atoms with Gasteiger partial charge in [-0.2, -0.15) is 0 Å². The number of aromatic nitrogens is 3. The van der Waals surface area contributed by atoms with Gasteiger partial charge in [0, 0.05) is 64.5 Å². The first-order valence-electron chi connectivity index (χ1n) is 10.4. The van der Waals surface area contributed by atoms with Gasteiger partial charge in [-0.15, -0.1) is 10.2 Å². The number of aliphatic imine (C=N–C) groups is 1. The Morgan fingerprint density at radius 1 is 1.24 bits per heavy atom. The number of hydrogen-bond donors (Lipinski definition) is 1. The fourth-order valence-electron chi connectivity index (χ4n) is 4.25. The fraction of sp³-hybridized carbons (Fsp3) is 0.571. The Morgan fingerprint density at radius 2 is 2.07 bits per heavy atom. The second-order valence-corrected chi connectivity index (χ2v) is 7.78. The summed E-state index contributed by atoms with van der Waals surface area (Å²) in [6, 6.07) is 8.29. The number of methoxy groups -OCH3 is 1. The van der Waals surface area contributed by atoms with Crippen LogP contribution in [0.3, 0.4) is 0 Å². The molecular weight excluding hydrogens is 366 g/mol. The molecule has 8 heteroatoms. The summed E-state index contributed by atoms with van der Waals surface area (Å²) in [5, 5.41) is 12.1. The molecule has 0 radical (unpaired) electrons. The maximum Gasteiger partial charge on any atom is 0.193 e. The highest BCUT2D eigenvalue weighted by Crippen LogP contribution is 2.22. The highest BCUT2D eigenvalue weighted by molar-refractivity contribution is 5.80. The number of nitrogens with one attached hydrogen (secondary N) is 1. The number of benzene rings is 1. The van der Waals surface area contributed by atoms with E-state index in [2.05, 4.69) is 47.0 Å². The Balaban J connectivity index is 1.29. The summed E-state index contributed by atoms with van der Waals surface area (Å²) in [5.74, 6) is 4.62. The van der Waals surface area contributed by atoms with Crippen molar-refractivity contribution in [1.82, 2.24) is 25.0 Å². The van der Waals surface area contributed by atoms with Gasteiger partial charge in [0.25, 0.3) is 0 Å². The van der Waals surface area contributed by atoms with Gasteiger partial charge in [-0.1, -0.05) is 6.07 Å². The van der Waals surface area contributed by atoms with Crippen molar-refractivity contribution in [3.05, 3.63) is 35.9 Å². The lowest BCUT2D eigenvalue weighted by molar-refractivity contribution is 0.339. The predicted molar refractivity (Wildman–Crippen MR) is 115 cm³/mol. The Hall–Kier alpha value is -2.77. The molecule has 4 rings (SSSR count). The van der Waals surface area contributed by atoms with Crippen molar-refractivity contribution < 1.29 is 4.74 Å². The minimum atomic E-state index is 0.576. The number of piperazine rings is 1. The van der Waals surface area contributed by atoms with Crippen LogP contribution in [0.2, 0.25) is 0 Å². The predicted octanol–water partition coefficient (Wildman–Crippen LogP) is 1.56. The lowest BCUT2D eigenvalue weighted by atomic mass is 9.99. The largest absolute Gasteiger partial charge is 0.497 e. The molecule has 2 aromatic rings. The van der Waals surface area contributed by atoms with Crippen molar-refractivity contribution in [2.24, 2.45) is 10.9 Å². The standard InChI is InChI=1S/C21H31N7O/c1-16-24-25-20-8-7-17(15-28(16)20)14-23-21(22-2)27-11-9-26(10-12-27)18-5-4-6-19(13-18)29-3/h4-6,13,17H,7-12,14-15H2,1-3H3,(H,22,23). The number of anilines is 1. The van der Waals surface area contributed by atoms with E-state index in [0.29, 0.717) is 5.92 Å². The van der Waals surface area contributed by atoms with Crippen LogP contribution in [0.25, 0.3) is 0 Å². The minimum Gasteiger partial charge on any atom is -0.497 e. The number of nitrogens with zero attached hydrogens (tertiary/aromatic N) is 6. The van der Waals surface area contributed by atoms with Crippen molar-refractivity contribution in [3.63, 3.8) is 0 Å². The van der Waals surface area contributed by atoms with E-state index in [1.807, 2.05) is 26.1 Å².